The van der Waals surface area contributed by atoms with Crippen LogP contribution in [0.1, 0.15) is 26.7 Å². The SMILES string of the molecule is CCOC(=O)CCC(=O)C(C)C1OCCO1. The van der Waals surface area contributed by atoms with Gasteiger partial charge in [-0.3, -0.25) is 9.59 Å². The number of hydrogen-bond acceptors (Lipinski definition) is 5. The maximum Gasteiger partial charge on any atom is 0.306 e. The Kier molecular flexibility index (Phi) is 5.42. The minimum absolute atomic E-state index is 0.0278. The van der Waals surface area contributed by atoms with E-state index in [1.807, 2.05) is 0 Å². The Morgan fingerprint density at radius 3 is 2.50 bits per heavy atom. The van der Waals surface area contributed by atoms with E-state index in [9.17, 15) is 9.59 Å². The molecule has 0 saturated carbocycles. The third-order valence-corrected chi connectivity index (χ3v) is 2.44. The molecule has 1 rings (SSSR count). The van der Waals surface area contributed by atoms with Crippen molar-refractivity contribution in [2.75, 3.05) is 19.8 Å². The molecule has 0 N–H and O–H groups in total. The summed E-state index contributed by atoms with van der Waals surface area (Å²) in [5.41, 5.74) is 0. The molecule has 92 valence electrons. The normalized spacial score (nSPS) is 18.4. The summed E-state index contributed by atoms with van der Waals surface area (Å²) in [6, 6.07) is 0. The van der Waals surface area contributed by atoms with Crippen molar-refractivity contribution in [3.05, 3.63) is 0 Å². The first kappa shape index (κ1) is 13.1. The Balaban J connectivity index is 2.25. The van der Waals surface area contributed by atoms with Gasteiger partial charge in [-0.15, -0.1) is 0 Å². The van der Waals surface area contributed by atoms with Gasteiger partial charge in [0.2, 0.25) is 0 Å². The number of ketones is 1. The van der Waals surface area contributed by atoms with Crippen molar-refractivity contribution in [3.63, 3.8) is 0 Å². The predicted octanol–water partition coefficient (Wildman–Crippen LogP) is 0.908. The van der Waals surface area contributed by atoms with Gasteiger partial charge in [0.15, 0.2) is 6.29 Å². The highest BCUT2D eigenvalue weighted by Crippen LogP contribution is 2.17. The molecule has 0 aromatic rings. The van der Waals surface area contributed by atoms with Crippen LogP contribution in [-0.2, 0) is 23.8 Å². The van der Waals surface area contributed by atoms with E-state index in [2.05, 4.69) is 0 Å². The molecule has 5 heteroatoms. The van der Waals surface area contributed by atoms with Gasteiger partial charge in [0.25, 0.3) is 0 Å². The van der Waals surface area contributed by atoms with E-state index in [1.54, 1.807) is 13.8 Å². The summed E-state index contributed by atoms with van der Waals surface area (Å²) in [5, 5.41) is 0. The summed E-state index contributed by atoms with van der Waals surface area (Å²) in [5.74, 6) is -0.687. The molecule has 1 heterocycles. The van der Waals surface area contributed by atoms with Crippen LogP contribution < -0.4 is 0 Å². The Hall–Kier alpha value is -0.940. The van der Waals surface area contributed by atoms with E-state index in [1.165, 1.54) is 0 Å². The zero-order chi connectivity index (χ0) is 12.0. The Morgan fingerprint density at radius 1 is 1.31 bits per heavy atom. The molecule has 16 heavy (non-hydrogen) atoms. The molecule has 1 saturated heterocycles. The molecule has 0 radical (unpaired) electrons. The molecular weight excluding hydrogens is 212 g/mol. The number of hydrogen-bond donors (Lipinski definition) is 0. The zero-order valence-electron chi connectivity index (χ0n) is 9.73. The number of rotatable bonds is 6. The van der Waals surface area contributed by atoms with Crippen molar-refractivity contribution in [3.8, 4) is 0 Å². The van der Waals surface area contributed by atoms with Gasteiger partial charge in [-0.05, 0) is 6.92 Å². The monoisotopic (exact) mass is 230 g/mol. The van der Waals surface area contributed by atoms with Crippen LogP contribution in [0.15, 0.2) is 0 Å². The largest absolute Gasteiger partial charge is 0.466 e. The molecule has 1 aliphatic rings. The van der Waals surface area contributed by atoms with Gasteiger partial charge < -0.3 is 14.2 Å². The van der Waals surface area contributed by atoms with Gasteiger partial charge in [-0.2, -0.15) is 0 Å². The quantitative estimate of drug-likeness (QED) is 0.635. The lowest BCUT2D eigenvalue weighted by atomic mass is 10.0. The standard InChI is InChI=1S/C11H18O5/c1-3-14-10(13)5-4-9(12)8(2)11-15-6-7-16-11/h8,11H,3-7H2,1-2H3. The van der Waals surface area contributed by atoms with E-state index < -0.39 is 6.29 Å². The molecule has 0 aliphatic carbocycles. The van der Waals surface area contributed by atoms with Gasteiger partial charge in [0, 0.05) is 6.42 Å². The maximum atomic E-state index is 11.7. The maximum absolute atomic E-state index is 11.7. The molecule has 0 amide bonds. The number of carbonyl (C=O) groups excluding carboxylic acids is 2. The molecular formula is C11H18O5. The van der Waals surface area contributed by atoms with E-state index >= 15 is 0 Å². The van der Waals surface area contributed by atoms with Crippen molar-refractivity contribution in [1.29, 1.82) is 0 Å². The van der Waals surface area contributed by atoms with Crippen LogP contribution in [-0.4, -0.2) is 37.9 Å². The van der Waals surface area contributed by atoms with E-state index in [0.29, 0.717) is 19.8 Å². The highest BCUT2D eigenvalue weighted by Gasteiger charge is 2.28. The first-order chi connectivity index (χ1) is 7.65. The highest BCUT2D eigenvalue weighted by molar-refractivity contribution is 5.84. The van der Waals surface area contributed by atoms with Crippen LogP contribution in [0.2, 0.25) is 0 Å². The van der Waals surface area contributed by atoms with Crippen LogP contribution in [0.5, 0.6) is 0 Å². The minimum atomic E-state index is -0.449. The lowest BCUT2D eigenvalue weighted by Crippen LogP contribution is -2.27. The molecule has 1 unspecified atom stereocenters. The number of carbonyl (C=O) groups is 2. The topological polar surface area (TPSA) is 61.8 Å². The molecule has 0 bridgehead atoms. The first-order valence-electron chi connectivity index (χ1n) is 5.56. The summed E-state index contributed by atoms with van der Waals surface area (Å²) in [7, 11) is 0. The summed E-state index contributed by atoms with van der Waals surface area (Å²) < 4.78 is 15.2. The Labute approximate surface area is 95.0 Å². The van der Waals surface area contributed by atoms with Gasteiger partial charge in [0.1, 0.15) is 5.78 Å². The fourth-order valence-electron chi connectivity index (χ4n) is 1.50. The second kappa shape index (κ2) is 6.60. The lowest BCUT2D eigenvalue weighted by molar-refractivity contribution is -0.147. The number of ether oxygens (including phenoxy) is 3. The van der Waals surface area contributed by atoms with Crippen molar-refractivity contribution >= 4 is 11.8 Å². The third-order valence-electron chi connectivity index (χ3n) is 2.44. The van der Waals surface area contributed by atoms with Crippen LogP contribution >= 0.6 is 0 Å². The average molecular weight is 230 g/mol. The average Bonchev–Trinajstić information content (AvgIpc) is 2.78. The minimum Gasteiger partial charge on any atom is -0.466 e. The third kappa shape index (κ3) is 3.90. The van der Waals surface area contributed by atoms with Crippen LogP contribution in [0, 0.1) is 5.92 Å². The van der Waals surface area contributed by atoms with Crippen molar-refractivity contribution < 1.29 is 23.8 Å². The summed E-state index contributed by atoms with van der Waals surface area (Å²) in [6.45, 7) is 4.89. The van der Waals surface area contributed by atoms with Crippen LogP contribution in [0.3, 0.4) is 0 Å². The molecule has 1 atom stereocenters. The van der Waals surface area contributed by atoms with E-state index in [-0.39, 0.29) is 30.5 Å². The van der Waals surface area contributed by atoms with E-state index in [0.717, 1.165) is 0 Å². The number of esters is 1. The second-order valence-corrected chi connectivity index (χ2v) is 3.67. The fourth-order valence-corrected chi connectivity index (χ4v) is 1.50. The highest BCUT2D eigenvalue weighted by atomic mass is 16.7. The van der Waals surface area contributed by atoms with Crippen molar-refractivity contribution in [2.24, 2.45) is 5.92 Å². The number of Topliss-reactive ketones (excluding diaryl/α,β-unsaturated/α-hetero) is 1. The van der Waals surface area contributed by atoms with Gasteiger partial charge >= 0.3 is 5.97 Å². The predicted molar refractivity (Wildman–Crippen MR) is 55.7 cm³/mol. The summed E-state index contributed by atoms with van der Waals surface area (Å²) >= 11 is 0. The molecule has 1 fully saturated rings. The Bertz CT molecular complexity index is 245. The van der Waals surface area contributed by atoms with Gasteiger partial charge in [-0.1, -0.05) is 6.92 Å². The smallest absolute Gasteiger partial charge is 0.306 e. The molecule has 1 aliphatic heterocycles. The second-order valence-electron chi connectivity index (χ2n) is 3.67. The van der Waals surface area contributed by atoms with Crippen molar-refractivity contribution in [2.45, 2.75) is 33.0 Å². The lowest BCUT2D eigenvalue weighted by Gasteiger charge is -2.16. The van der Waals surface area contributed by atoms with Gasteiger partial charge in [0.05, 0.1) is 32.2 Å². The zero-order valence-corrected chi connectivity index (χ0v) is 9.73. The van der Waals surface area contributed by atoms with E-state index in [4.69, 9.17) is 14.2 Å². The summed E-state index contributed by atoms with van der Waals surface area (Å²) in [4.78, 5) is 22.7. The first-order valence-corrected chi connectivity index (χ1v) is 5.56. The fraction of sp³-hybridized carbons (Fsp3) is 0.818. The van der Waals surface area contributed by atoms with Crippen LogP contribution in [0.25, 0.3) is 0 Å². The Morgan fingerprint density at radius 2 is 1.94 bits per heavy atom. The van der Waals surface area contributed by atoms with Crippen LogP contribution in [0.4, 0.5) is 0 Å². The molecule has 0 aromatic carbocycles. The molecule has 5 nitrogen and oxygen atoms in total. The molecule has 0 spiro atoms. The van der Waals surface area contributed by atoms with Gasteiger partial charge in [-0.25, -0.2) is 0 Å². The summed E-state index contributed by atoms with van der Waals surface area (Å²) in [6.07, 6.45) is -0.137. The van der Waals surface area contributed by atoms with Crippen molar-refractivity contribution in [1.82, 2.24) is 0 Å². The molecule has 0 aromatic heterocycles.